The van der Waals surface area contributed by atoms with E-state index in [1.165, 1.54) is 0 Å². The smallest absolute Gasteiger partial charge is 0.166 e. The average molecular weight is 180 g/mol. The van der Waals surface area contributed by atoms with Crippen LogP contribution in [0.4, 0.5) is 4.39 Å². The Labute approximate surface area is 71.0 Å². The number of aliphatic hydroxyl groups is 1. The van der Waals surface area contributed by atoms with E-state index in [2.05, 4.69) is 10.6 Å². The highest BCUT2D eigenvalue weighted by atomic mass is 32.1. The van der Waals surface area contributed by atoms with Crippen LogP contribution in [0.25, 0.3) is 0 Å². The fraction of sp³-hybridized carbons (Fsp3) is 0.833. The van der Waals surface area contributed by atoms with Crippen LogP contribution in [0.2, 0.25) is 0 Å². The highest BCUT2D eigenvalue weighted by molar-refractivity contribution is 7.80. The fourth-order valence-corrected chi connectivity index (χ4v) is 0.708. The highest BCUT2D eigenvalue weighted by Gasteiger charge is 1.91. The molecule has 0 aliphatic carbocycles. The first-order valence-corrected chi connectivity index (χ1v) is 3.90. The van der Waals surface area contributed by atoms with Crippen LogP contribution in [-0.2, 0) is 0 Å². The molecule has 0 amide bonds. The Balaban J connectivity index is 3.09. The second-order valence-electron chi connectivity index (χ2n) is 1.95. The zero-order valence-electron chi connectivity index (χ0n) is 6.27. The summed E-state index contributed by atoms with van der Waals surface area (Å²) in [4.78, 5) is 0. The molecule has 0 aromatic heterocycles. The first-order chi connectivity index (χ1) is 5.31. The second-order valence-corrected chi connectivity index (χ2v) is 2.36. The SMILES string of the molecule is OCCCNC(=S)NCCF. The summed E-state index contributed by atoms with van der Waals surface area (Å²) in [6.45, 7) is 0.570. The molecular formula is C6H13FN2OS. The van der Waals surface area contributed by atoms with Gasteiger partial charge < -0.3 is 15.7 Å². The summed E-state index contributed by atoms with van der Waals surface area (Å²) in [5.74, 6) is 0. The Hall–Kier alpha value is -0.420. The summed E-state index contributed by atoms with van der Waals surface area (Å²) in [6, 6.07) is 0. The van der Waals surface area contributed by atoms with Crippen molar-refractivity contribution in [3.8, 4) is 0 Å². The third-order valence-electron chi connectivity index (χ3n) is 1.00. The minimum absolute atomic E-state index is 0.138. The summed E-state index contributed by atoms with van der Waals surface area (Å²) in [5, 5.41) is 14.3. The van der Waals surface area contributed by atoms with E-state index in [-0.39, 0.29) is 13.2 Å². The summed E-state index contributed by atoms with van der Waals surface area (Å²) >= 11 is 4.76. The standard InChI is InChI=1S/C6H13FN2OS/c7-2-4-9-6(11)8-3-1-5-10/h10H,1-5H2,(H2,8,9,11). The van der Waals surface area contributed by atoms with Crippen molar-refractivity contribution in [2.45, 2.75) is 6.42 Å². The van der Waals surface area contributed by atoms with E-state index in [0.29, 0.717) is 18.1 Å². The highest BCUT2D eigenvalue weighted by Crippen LogP contribution is 1.73. The van der Waals surface area contributed by atoms with Crippen molar-refractivity contribution < 1.29 is 9.50 Å². The van der Waals surface area contributed by atoms with E-state index in [0.717, 1.165) is 0 Å². The third kappa shape index (κ3) is 7.48. The Morgan fingerprint density at radius 1 is 1.36 bits per heavy atom. The number of rotatable bonds is 5. The number of aliphatic hydroxyl groups excluding tert-OH is 1. The van der Waals surface area contributed by atoms with Crippen molar-refractivity contribution >= 4 is 17.3 Å². The van der Waals surface area contributed by atoms with Crippen LogP contribution in [0.3, 0.4) is 0 Å². The van der Waals surface area contributed by atoms with Gasteiger partial charge in [-0.1, -0.05) is 0 Å². The minimum atomic E-state index is -0.429. The van der Waals surface area contributed by atoms with Crippen molar-refractivity contribution in [1.29, 1.82) is 0 Å². The summed E-state index contributed by atoms with van der Waals surface area (Å²) in [5.41, 5.74) is 0. The Morgan fingerprint density at radius 2 is 2.00 bits per heavy atom. The summed E-state index contributed by atoms with van der Waals surface area (Å²) in [7, 11) is 0. The van der Waals surface area contributed by atoms with Gasteiger partial charge in [-0.2, -0.15) is 0 Å². The molecule has 0 aliphatic rings. The lowest BCUT2D eigenvalue weighted by atomic mass is 10.4. The van der Waals surface area contributed by atoms with Gasteiger partial charge in [0.15, 0.2) is 5.11 Å². The van der Waals surface area contributed by atoms with Gasteiger partial charge in [-0.3, -0.25) is 0 Å². The number of hydrogen-bond acceptors (Lipinski definition) is 2. The van der Waals surface area contributed by atoms with Gasteiger partial charge in [-0.15, -0.1) is 0 Å². The van der Waals surface area contributed by atoms with Crippen LogP contribution in [-0.4, -0.2) is 36.6 Å². The first-order valence-electron chi connectivity index (χ1n) is 3.49. The molecule has 0 aromatic rings. The number of nitrogens with one attached hydrogen (secondary N) is 2. The minimum Gasteiger partial charge on any atom is -0.396 e. The maximum Gasteiger partial charge on any atom is 0.166 e. The number of hydrogen-bond donors (Lipinski definition) is 3. The fourth-order valence-electron chi connectivity index (χ4n) is 0.504. The topological polar surface area (TPSA) is 44.3 Å². The van der Waals surface area contributed by atoms with Crippen molar-refractivity contribution in [3.05, 3.63) is 0 Å². The zero-order chi connectivity index (χ0) is 8.53. The molecule has 0 heterocycles. The molecule has 3 N–H and O–H groups in total. The van der Waals surface area contributed by atoms with Gasteiger partial charge in [0, 0.05) is 19.7 Å². The van der Waals surface area contributed by atoms with E-state index >= 15 is 0 Å². The molecule has 0 rings (SSSR count). The first kappa shape index (κ1) is 10.6. The number of halogens is 1. The normalized spacial score (nSPS) is 9.27. The van der Waals surface area contributed by atoms with E-state index in [1.54, 1.807) is 0 Å². The molecule has 0 unspecified atom stereocenters. The molecule has 11 heavy (non-hydrogen) atoms. The molecule has 0 saturated carbocycles. The lowest BCUT2D eigenvalue weighted by molar-refractivity contribution is 0.289. The molecule has 3 nitrogen and oxygen atoms in total. The Morgan fingerprint density at radius 3 is 2.55 bits per heavy atom. The van der Waals surface area contributed by atoms with Crippen molar-refractivity contribution in [2.24, 2.45) is 0 Å². The summed E-state index contributed by atoms with van der Waals surface area (Å²) < 4.78 is 11.6. The van der Waals surface area contributed by atoms with E-state index < -0.39 is 6.67 Å². The van der Waals surface area contributed by atoms with Crippen molar-refractivity contribution in [3.63, 3.8) is 0 Å². The molecule has 0 fully saturated rings. The van der Waals surface area contributed by atoms with Gasteiger partial charge in [0.25, 0.3) is 0 Å². The van der Waals surface area contributed by atoms with Crippen LogP contribution in [0.1, 0.15) is 6.42 Å². The molecular weight excluding hydrogens is 167 g/mol. The summed E-state index contributed by atoms with van der Waals surface area (Å²) in [6.07, 6.45) is 0.650. The molecule has 0 atom stereocenters. The predicted octanol–water partition coefficient (Wildman–Crippen LogP) is -0.198. The van der Waals surface area contributed by atoms with Gasteiger partial charge in [-0.05, 0) is 18.6 Å². The molecule has 0 aromatic carbocycles. The predicted molar refractivity (Wildman–Crippen MR) is 46.3 cm³/mol. The van der Waals surface area contributed by atoms with Gasteiger partial charge in [0.2, 0.25) is 0 Å². The Bertz CT molecular complexity index is 113. The van der Waals surface area contributed by atoms with Crippen molar-refractivity contribution in [2.75, 3.05) is 26.4 Å². The molecule has 0 radical (unpaired) electrons. The molecule has 66 valence electrons. The molecule has 0 aliphatic heterocycles. The van der Waals surface area contributed by atoms with Crippen LogP contribution in [0.15, 0.2) is 0 Å². The van der Waals surface area contributed by atoms with Crippen LogP contribution in [0.5, 0.6) is 0 Å². The zero-order valence-corrected chi connectivity index (χ0v) is 7.09. The van der Waals surface area contributed by atoms with Crippen LogP contribution >= 0.6 is 12.2 Å². The molecule has 5 heteroatoms. The molecule has 0 saturated heterocycles. The maximum atomic E-state index is 11.6. The van der Waals surface area contributed by atoms with Gasteiger partial charge in [0.05, 0.1) is 0 Å². The Kier molecular flexibility index (Phi) is 7.39. The van der Waals surface area contributed by atoms with Gasteiger partial charge in [-0.25, -0.2) is 4.39 Å². The van der Waals surface area contributed by atoms with Crippen LogP contribution in [0, 0.1) is 0 Å². The maximum absolute atomic E-state index is 11.6. The molecule has 0 spiro atoms. The lowest BCUT2D eigenvalue weighted by Crippen LogP contribution is -2.37. The largest absolute Gasteiger partial charge is 0.396 e. The third-order valence-corrected chi connectivity index (χ3v) is 1.29. The molecule has 0 bridgehead atoms. The van der Waals surface area contributed by atoms with Gasteiger partial charge in [0.1, 0.15) is 6.67 Å². The monoisotopic (exact) mass is 180 g/mol. The van der Waals surface area contributed by atoms with E-state index in [1.807, 2.05) is 0 Å². The van der Waals surface area contributed by atoms with Crippen molar-refractivity contribution in [1.82, 2.24) is 10.6 Å². The number of thiocarbonyl (C=S) groups is 1. The van der Waals surface area contributed by atoms with E-state index in [4.69, 9.17) is 17.3 Å². The number of alkyl halides is 1. The quantitative estimate of drug-likeness (QED) is 0.405. The van der Waals surface area contributed by atoms with Crippen LogP contribution < -0.4 is 10.6 Å². The lowest BCUT2D eigenvalue weighted by Gasteiger charge is -2.07. The second kappa shape index (κ2) is 7.68. The van der Waals surface area contributed by atoms with Gasteiger partial charge >= 0.3 is 0 Å². The average Bonchev–Trinajstić information content (AvgIpc) is 2.01. The van der Waals surface area contributed by atoms with E-state index in [9.17, 15) is 4.39 Å².